The van der Waals surface area contributed by atoms with Gasteiger partial charge in [-0.25, -0.2) is 0 Å². The summed E-state index contributed by atoms with van der Waals surface area (Å²) in [5, 5.41) is 12.1. The molecule has 0 aliphatic heterocycles. The van der Waals surface area contributed by atoms with Gasteiger partial charge in [-0.2, -0.15) is 0 Å². The number of carboxylic acid groups (broad SMARTS) is 1. The van der Waals surface area contributed by atoms with Crippen LogP contribution in [-0.4, -0.2) is 23.0 Å². The van der Waals surface area contributed by atoms with E-state index in [0.29, 0.717) is 12.8 Å². The zero-order valence-electron chi connectivity index (χ0n) is 11.6. The Hall–Kier alpha value is -1.36. The van der Waals surface area contributed by atoms with E-state index in [4.69, 9.17) is 5.11 Å². The fourth-order valence-corrected chi connectivity index (χ4v) is 3.47. The third-order valence-electron chi connectivity index (χ3n) is 4.70. The molecule has 4 nitrogen and oxygen atoms in total. The lowest BCUT2D eigenvalue weighted by Crippen LogP contribution is -2.40. The molecule has 3 rings (SSSR count). The average molecular weight is 352 g/mol. The zero-order valence-corrected chi connectivity index (χ0v) is 13.2. The number of hydrogen-bond donors (Lipinski definition) is 2. The monoisotopic (exact) mass is 351 g/mol. The van der Waals surface area contributed by atoms with Gasteiger partial charge < -0.3 is 10.4 Å². The SMILES string of the molecule is O=C(O)C1CCC(NC(=O)C2(c3ccc(Br)cc3)CC2)C1. The first kappa shape index (κ1) is 14.6. The molecule has 0 aromatic heterocycles. The molecule has 1 aromatic carbocycles. The molecular weight excluding hydrogens is 334 g/mol. The van der Waals surface area contributed by atoms with Crippen molar-refractivity contribution in [3.8, 4) is 0 Å². The van der Waals surface area contributed by atoms with Crippen molar-refractivity contribution >= 4 is 27.8 Å². The van der Waals surface area contributed by atoms with Gasteiger partial charge in [-0.1, -0.05) is 28.1 Å². The summed E-state index contributed by atoms with van der Waals surface area (Å²) in [5.74, 6) is -1.00. The summed E-state index contributed by atoms with van der Waals surface area (Å²) in [5.41, 5.74) is 0.665. The molecular formula is C16H18BrNO3. The Kier molecular flexibility index (Phi) is 3.78. The van der Waals surface area contributed by atoms with Gasteiger partial charge in [0.25, 0.3) is 0 Å². The number of rotatable bonds is 4. The number of carbonyl (C=O) groups excluding carboxylic acids is 1. The van der Waals surface area contributed by atoms with Crippen molar-refractivity contribution in [3.05, 3.63) is 34.3 Å². The fraction of sp³-hybridized carbons (Fsp3) is 0.500. The molecule has 0 radical (unpaired) electrons. The van der Waals surface area contributed by atoms with Crippen LogP contribution in [0.25, 0.3) is 0 Å². The molecule has 0 heterocycles. The number of hydrogen-bond acceptors (Lipinski definition) is 2. The number of aliphatic carboxylic acids is 1. The van der Waals surface area contributed by atoms with Gasteiger partial charge in [0.1, 0.15) is 0 Å². The van der Waals surface area contributed by atoms with Gasteiger partial charge in [-0.05, 0) is 49.8 Å². The lowest BCUT2D eigenvalue weighted by molar-refractivity contribution is -0.141. The molecule has 2 aliphatic rings. The maximum atomic E-state index is 12.6. The quantitative estimate of drug-likeness (QED) is 0.876. The largest absolute Gasteiger partial charge is 0.481 e. The topological polar surface area (TPSA) is 66.4 Å². The number of carbonyl (C=O) groups is 2. The van der Waals surface area contributed by atoms with Crippen LogP contribution in [0.4, 0.5) is 0 Å². The van der Waals surface area contributed by atoms with Gasteiger partial charge in [0, 0.05) is 10.5 Å². The van der Waals surface area contributed by atoms with Crippen molar-refractivity contribution in [1.29, 1.82) is 0 Å². The summed E-state index contributed by atoms with van der Waals surface area (Å²) in [7, 11) is 0. The highest BCUT2D eigenvalue weighted by Crippen LogP contribution is 2.48. The van der Waals surface area contributed by atoms with Crippen LogP contribution in [0.2, 0.25) is 0 Å². The predicted molar refractivity (Wildman–Crippen MR) is 82.0 cm³/mol. The smallest absolute Gasteiger partial charge is 0.306 e. The Labute approximate surface area is 132 Å². The van der Waals surface area contributed by atoms with E-state index in [1.54, 1.807) is 0 Å². The van der Waals surface area contributed by atoms with Gasteiger partial charge >= 0.3 is 5.97 Å². The van der Waals surface area contributed by atoms with Gasteiger partial charge in [0.15, 0.2) is 0 Å². The molecule has 2 saturated carbocycles. The molecule has 1 amide bonds. The molecule has 2 atom stereocenters. The predicted octanol–water partition coefficient (Wildman–Crippen LogP) is 2.85. The van der Waals surface area contributed by atoms with Gasteiger partial charge in [-0.3, -0.25) is 9.59 Å². The van der Waals surface area contributed by atoms with Crippen LogP contribution in [0, 0.1) is 5.92 Å². The van der Waals surface area contributed by atoms with Crippen LogP contribution in [0.1, 0.15) is 37.7 Å². The molecule has 1 aromatic rings. The summed E-state index contributed by atoms with van der Waals surface area (Å²) < 4.78 is 1.00. The Morgan fingerprint density at radius 1 is 1.19 bits per heavy atom. The third-order valence-corrected chi connectivity index (χ3v) is 5.23. The lowest BCUT2D eigenvalue weighted by Gasteiger charge is -2.19. The van der Waals surface area contributed by atoms with E-state index in [2.05, 4.69) is 21.2 Å². The third kappa shape index (κ3) is 2.84. The van der Waals surface area contributed by atoms with Crippen molar-refractivity contribution < 1.29 is 14.7 Å². The van der Waals surface area contributed by atoms with Gasteiger partial charge in [-0.15, -0.1) is 0 Å². The van der Waals surface area contributed by atoms with Crippen LogP contribution < -0.4 is 5.32 Å². The molecule has 0 bridgehead atoms. The first-order chi connectivity index (χ1) is 10.0. The average Bonchev–Trinajstić information content (AvgIpc) is 3.13. The first-order valence-corrected chi connectivity index (χ1v) is 8.10. The van der Waals surface area contributed by atoms with Crippen molar-refractivity contribution in [2.24, 2.45) is 5.92 Å². The zero-order chi connectivity index (χ0) is 15.0. The second kappa shape index (κ2) is 5.44. The number of amides is 1. The fourth-order valence-electron chi connectivity index (χ4n) is 3.20. The number of carboxylic acids is 1. The van der Waals surface area contributed by atoms with Crippen LogP contribution in [-0.2, 0) is 15.0 Å². The van der Waals surface area contributed by atoms with Crippen LogP contribution in [0.3, 0.4) is 0 Å². The van der Waals surface area contributed by atoms with E-state index in [1.165, 1.54) is 0 Å². The van der Waals surface area contributed by atoms with Crippen molar-refractivity contribution in [2.45, 2.75) is 43.6 Å². The lowest BCUT2D eigenvalue weighted by atomic mass is 9.94. The second-order valence-electron chi connectivity index (χ2n) is 6.11. The van der Waals surface area contributed by atoms with E-state index in [-0.39, 0.29) is 23.3 Å². The minimum absolute atomic E-state index is 0.00604. The maximum absolute atomic E-state index is 12.6. The Balaban J connectivity index is 1.66. The minimum atomic E-state index is -0.749. The van der Waals surface area contributed by atoms with Crippen molar-refractivity contribution in [2.75, 3.05) is 0 Å². The molecule has 5 heteroatoms. The van der Waals surface area contributed by atoms with Gasteiger partial charge in [0.05, 0.1) is 11.3 Å². The van der Waals surface area contributed by atoms with E-state index in [9.17, 15) is 9.59 Å². The second-order valence-corrected chi connectivity index (χ2v) is 7.02. The normalized spacial score (nSPS) is 26.3. The molecule has 2 unspecified atom stereocenters. The maximum Gasteiger partial charge on any atom is 0.306 e. The summed E-state index contributed by atoms with van der Waals surface area (Å²) >= 11 is 3.40. The minimum Gasteiger partial charge on any atom is -0.481 e. The summed E-state index contributed by atoms with van der Waals surface area (Å²) in [6.07, 6.45) is 3.72. The summed E-state index contributed by atoms with van der Waals surface area (Å²) in [4.78, 5) is 23.6. The molecule has 0 spiro atoms. The van der Waals surface area contributed by atoms with Crippen molar-refractivity contribution in [3.63, 3.8) is 0 Å². The number of nitrogens with one attached hydrogen (secondary N) is 1. The molecule has 2 aliphatic carbocycles. The van der Waals surface area contributed by atoms with E-state index in [0.717, 1.165) is 29.3 Å². The van der Waals surface area contributed by atoms with Crippen LogP contribution in [0.15, 0.2) is 28.7 Å². The Morgan fingerprint density at radius 3 is 2.38 bits per heavy atom. The van der Waals surface area contributed by atoms with E-state index in [1.807, 2.05) is 24.3 Å². The number of benzene rings is 1. The van der Waals surface area contributed by atoms with Crippen molar-refractivity contribution in [1.82, 2.24) is 5.32 Å². The van der Waals surface area contributed by atoms with Gasteiger partial charge in [0.2, 0.25) is 5.91 Å². The first-order valence-electron chi connectivity index (χ1n) is 7.31. The van der Waals surface area contributed by atoms with Crippen LogP contribution >= 0.6 is 15.9 Å². The highest BCUT2D eigenvalue weighted by atomic mass is 79.9. The highest BCUT2D eigenvalue weighted by molar-refractivity contribution is 9.10. The molecule has 21 heavy (non-hydrogen) atoms. The number of halogens is 1. The van der Waals surface area contributed by atoms with E-state index >= 15 is 0 Å². The Bertz CT molecular complexity index is 565. The highest BCUT2D eigenvalue weighted by Gasteiger charge is 2.51. The standard InChI is InChI=1S/C16H18BrNO3/c17-12-4-2-11(3-5-12)16(7-8-16)15(21)18-13-6-1-10(9-13)14(19)20/h2-5,10,13H,1,6-9H2,(H,18,21)(H,19,20). The molecule has 2 fully saturated rings. The summed E-state index contributed by atoms with van der Waals surface area (Å²) in [6, 6.07) is 7.90. The molecule has 2 N–H and O–H groups in total. The molecule has 0 saturated heterocycles. The van der Waals surface area contributed by atoms with E-state index < -0.39 is 5.97 Å². The summed E-state index contributed by atoms with van der Waals surface area (Å²) in [6.45, 7) is 0. The Morgan fingerprint density at radius 2 is 1.86 bits per heavy atom. The van der Waals surface area contributed by atoms with Crippen LogP contribution in [0.5, 0.6) is 0 Å². The molecule has 112 valence electrons.